The summed E-state index contributed by atoms with van der Waals surface area (Å²) in [5.74, 6) is 0.947. The van der Waals surface area contributed by atoms with Gasteiger partial charge in [-0.1, -0.05) is 22.0 Å². The lowest BCUT2D eigenvalue weighted by molar-refractivity contribution is -0.121. The fraction of sp³-hybridized carbons (Fsp3) is 0.611. The Balaban J connectivity index is 1.46. The van der Waals surface area contributed by atoms with Crippen LogP contribution in [-0.4, -0.2) is 68.6 Å². The predicted molar refractivity (Wildman–Crippen MR) is 100 cm³/mol. The number of rotatable bonds is 9. The Morgan fingerprint density at radius 3 is 2.79 bits per heavy atom. The second-order valence-corrected chi connectivity index (χ2v) is 7.17. The largest absolute Gasteiger partial charge is 0.494 e. The van der Waals surface area contributed by atoms with E-state index in [0.29, 0.717) is 13.0 Å². The molecule has 2 rings (SSSR count). The maximum absolute atomic E-state index is 11.8. The van der Waals surface area contributed by atoms with Crippen molar-refractivity contribution in [2.24, 2.45) is 0 Å². The number of hydrogen-bond donors (Lipinski definition) is 1. The molecule has 0 aliphatic carbocycles. The van der Waals surface area contributed by atoms with Gasteiger partial charge < -0.3 is 19.9 Å². The average molecular weight is 398 g/mol. The molecular weight excluding hydrogens is 370 g/mol. The molecule has 1 N–H and O–H groups in total. The van der Waals surface area contributed by atoms with Crippen LogP contribution in [-0.2, 0) is 4.79 Å². The number of piperazine rings is 1. The van der Waals surface area contributed by atoms with Gasteiger partial charge in [-0.25, -0.2) is 0 Å². The van der Waals surface area contributed by atoms with Gasteiger partial charge in [0.15, 0.2) is 0 Å². The molecule has 1 fully saturated rings. The molecule has 0 spiro atoms. The molecule has 0 unspecified atom stereocenters. The number of carbonyl (C=O) groups is 1. The highest BCUT2D eigenvalue weighted by Gasteiger charge is 2.12. The topological polar surface area (TPSA) is 44.8 Å². The van der Waals surface area contributed by atoms with Crippen molar-refractivity contribution in [1.82, 2.24) is 15.1 Å². The summed E-state index contributed by atoms with van der Waals surface area (Å²) in [6, 6.07) is 7.75. The molecule has 1 aromatic rings. The number of carbonyl (C=O) groups excluding carboxylic acids is 1. The van der Waals surface area contributed by atoms with E-state index in [2.05, 4.69) is 38.1 Å². The quantitative estimate of drug-likeness (QED) is 0.649. The molecule has 1 heterocycles. The molecule has 1 saturated heterocycles. The summed E-state index contributed by atoms with van der Waals surface area (Å²) in [7, 11) is 2.16. The Bertz CT molecular complexity index is 505. The van der Waals surface area contributed by atoms with Gasteiger partial charge in [-0.15, -0.1) is 0 Å². The van der Waals surface area contributed by atoms with Crippen LogP contribution in [0.2, 0.25) is 0 Å². The van der Waals surface area contributed by atoms with Crippen molar-refractivity contribution < 1.29 is 9.53 Å². The summed E-state index contributed by atoms with van der Waals surface area (Å²) in [6.07, 6.45) is 2.27. The van der Waals surface area contributed by atoms with Crippen LogP contribution in [0.1, 0.15) is 19.3 Å². The molecular formula is C18H28BrN3O2. The van der Waals surface area contributed by atoms with Crippen LogP contribution < -0.4 is 10.1 Å². The molecule has 0 saturated carbocycles. The minimum Gasteiger partial charge on any atom is -0.494 e. The van der Waals surface area contributed by atoms with Crippen molar-refractivity contribution in [3.8, 4) is 5.75 Å². The normalized spacial score (nSPS) is 16.1. The maximum Gasteiger partial charge on any atom is 0.220 e. The Labute approximate surface area is 153 Å². The third-order valence-corrected chi connectivity index (χ3v) is 4.68. The first kappa shape index (κ1) is 19.2. The van der Waals surface area contributed by atoms with E-state index in [0.717, 1.165) is 62.3 Å². The number of ether oxygens (including phenoxy) is 1. The van der Waals surface area contributed by atoms with Gasteiger partial charge in [0.1, 0.15) is 5.75 Å². The van der Waals surface area contributed by atoms with Gasteiger partial charge in [0.2, 0.25) is 5.91 Å². The van der Waals surface area contributed by atoms with E-state index in [1.807, 2.05) is 24.3 Å². The average Bonchev–Trinajstić information content (AvgIpc) is 2.57. The van der Waals surface area contributed by atoms with Crippen LogP contribution in [0.15, 0.2) is 28.7 Å². The minimum absolute atomic E-state index is 0.117. The van der Waals surface area contributed by atoms with Crippen molar-refractivity contribution >= 4 is 21.8 Å². The molecule has 1 aliphatic rings. The second-order valence-electron chi connectivity index (χ2n) is 6.26. The molecule has 0 aromatic heterocycles. The van der Waals surface area contributed by atoms with Gasteiger partial charge in [-0.05, 0) is 44.6 Å². The van der Waals surface area contributed by atoms with Crippen LogP contribution in [0.4, 0.5) is 0 Å². The Hall–Kier alpha value is -1.11. The fourth-order valence-electron chi connectivity index (χ4n) is 2.67. The maximum atomic E-state index is 11.8. The molecule has 0 bridgehead atoms. The van der Waals surface area contributed by atoms with Crippen LogP contribution in [0.3, 0.4) is 0 Å². The van der Waals surface area contributed by atoms with E-state index < -0.39 is 0 Å². The first-order valence-electron chi connectivity index (χ1n) is 8.69. The molecule has 1 amide bonds. The molecule has 0 atom stereocenters. The number of halogens is 1. The molecule has 134 valence electrons. The number of nitrogens with zero attached hydrogens (tertiary/aromatic N) is 2. The van der Waals surface area contributed by atoms with Crippen molar-refractivity contribution in [2.45, 2.75) is 19.3 Å². The highest BCUT2D eigenvalue weighted by molar-refractivity contribution is 9.10. The Morgan fingerprint density at radius 2 is 2.04 bits per heavy atom. The Kier molecular flexibility index (Phi) is 8.56. The smallest absolute Gasteiger partial charge is 0.220 e. The summed E-state index contributed by atoms with van der Waals surface area (Å²) in [5, 5.41) is 3.00. The summed E-state index contributed by atoms with van der Waals surface area (Å²) < 4.78 is 6.63. The lowest BCUT2D eigenvalue weighted by Crippen LogP contribution is -2.45. The molecule has 5 nitrogen and oxygen atoms in total. The van der Waals surface area contributed by atoms with E-state index in [4.69, 9.17) is 4.74 Å². The standard InChI is InChI=1S/C18H28BrN3O2/c1-21-10-12-22(13-11-21)9-4-8-20-18(23)7-3-14-24-17-6-2-5-16(19)15-17/h2,5-6,15H,3-4,7-14H2,1H3,(H,20,23). The predicted octanol–water partition coefficient (Wildman–Crippen LogP) is 2.36. The van der Waals surface area contributed by atoms with Crippen molar-refractivity contribution in [2.75, 3.05) is 52.9 Å². The number of benzene rings is 1. The first-order valence-corrected chi connectivity index (χ1v) is 9.49. The number of hydrogen-bond acceptors (Lipinski definition) is 4. The SMILES string of the molecule is CN1CCN(CCCNC(=O)CCCOc2cccc(Br)c2)CC1. The molecule has 6 heteroatoms. The molecule has 0 radical (unpaired) electrons. The zero-order chi connectivity index (χ0) is 17.2. The van der Waals surface area contributed by atoms with E-state index in [-0.39, 0.29) is 5.91 Å². The van der Waals surface area contributed by atoms with Crippen LogP contribution in [0.25, 0.3) is 0 Å². The van der Waals surface area contributed by atoms with E-state index in [9.17, 15) is 4.79 Å². The van der Waals surface area contributed by atoms with Gasteiger partial charge in [-0.2, -0.15) is 0 Å². The van der Waals surface area contributed by atoms with Gasteiger partial charge in [0.25, 0.3) is 0 Å². The van der Waals surface area contributed by atoms with Crippen LogP contribution in [0, 0.1) is 0 Å². The lowest BCUT2D eigenvalue weighted by atomic mass is 10.3. The van der Waals surface area contributed by atoms with Crippen molar-refractivity contribution in [3.05, 3.63) is 28.7 Å². The summed E-state index contributed by atoms with van der Waals surface area (Å²) in [6.45, 7) is 6.95. The first-order chi connectivity index (χ1) is 11.6. The van der Waals surface area contributed by atoms with E-state index in [1.165, 1.54) is 0 Å². The zero-order valence-corrected chi connectivity index (χ0v) is 16.1. The summed E-state index contributed by atoms with van der Waals surface area (Å²) in [4.78, 5) is 16.6. The fourth-order valence-corrected chi connectivity index (χ4v) is 3.05. The zero-order valence-electron chi connectivity index (χ0n) is 14.5. The third kappa shape index (κ3) is 7.64. The van der Waals surface area contributed by atoms with Crippen LogP contribution >= 0.6 is 15.9 Å². The van der Waals surface area contributed by atoms with Gasteiger partial charge in [0.05, 0.1) is 6.61 Å². The van der Waals surface area contributed by atoms with Gasteiger partial charge in [0, 0.05) is 43.6 Å². The highest BCUT2D eigenvalue weighted by atomic mass is 79.9. The second kappa shape index (κ2) is 10.7. The lowest BCUT2D eigenvalue weighted by Gasteiger charge is -2.32. The monoisotopic (exact) mass is 397 g/mol. The van der Waals surface area contributed by atoms with Gasteiger partial charge in [-0.3, -0.25) is 4.79 Å². The number of likely N-dealkylation sites (N-methyl/N-ethyl adjacent to an activating group) is 1. The van der Waals surface area contributed by atoms with E-state index in [1.54, 1.807) is 0 Å². The Morgan fingerprint density at radius 1 is 1.25 bits per heavy atom. The van der Waals surface area contributed by atoms with Crippen molar-refractivity contribution in [3.63, 3.8) is 0 Å². The molecule has 1 aliphatic heterocycles. The molecule has 1 aromatic carbocycles. The minimum atomic E-state index is 0.117. The number of amides is 1. The van der Waals surface area contributed by atoms with E-state index >= 15 is 0 Å². The third-order valence-electron chi connectivity index (χ3n) is 4.18. The summed E-state index contributed by atoms with van der Waals surface area (Å²) >= 11 is 3.41. The van der Waals surface area contributed by atoms with Crippen LogP contribution in [0.5, 0.6) is 5.75 Å². The van der Waals surface area contributed by atoms with Crippen molar-refractivity contribution in [1.29, 1.82) is 0 Å². The summed E-state index contributed by atoms with van der Waals surface area (Å²) in [5.41, 5.74) is 0. The molecule has 24 heavy (non-hydrogen) atoms. The highest BCUT2D eigenvalue weighted by Crippen LogP contribution is 2.17. The number of nitrogens with one attached hydrogen (secondary N) is 1. The van der Waals surface area contributed by atoms with Gasteiger partial charge >= 0.3 is 0 Å².